The van der Waals surface area contributed by atoms with Gasteiger partial charge in [0.1, 0.15) is 5.78 Å². The number of hydrogen-bond donors (Lipinski definition) is 8. The lowest BCUT2D eigenvalue weighted by molar-refractivity contribution is -0.144. The van der Waals surface area contributed by atoms with Crippen molar-refractivity contribution in [3.8, 4) is 0 Å². The zero-order valence-corrected chi connectivity index (χ0v) is 26.8. The number of anilines is 1. The van der Waals surface area contributed by atoms with Gasteiger partial charge < -0.3 is 41.9 Å². The normalized spacial score (nSPS) is 11.7. The fraction of sp³-hybridized carbons (Fsp3) is 0.552. The lowest BCUT2D eigenvalue weighted by Gasteiger charge is -2.34. The van der Waals surface area contributed by atoms with E-state index in [0.717, 1.165) is 24.2 Å². The van der Waals surface area contributed by atoms with Crippen LogP contribution in [0.25, 0.3) is 0 Å². The molecular weight excluding hydrogens is 640 g/mol. The Morgan fingerprint density at radius 3 is 1.74 bits per heavy atom. The molecule has 0 aliphatic rings. The summed E-state index contributed by atoms with van der Waals surface area (Å²) in [5, 5.41) is 53.2. The van der Waals surface area contributed by atoms with Crippen LogP contribution in [0.15, 0.2) is 24.3 Å². The SMILES string of the molecule is NCC(=O)CCCCCNC(=S)Nc1ccc(C[C@H](CN(CCN(CC(=O)O)CC(=O)O)CC(=O)O)N(CC(=O)O)CC(=O)O)cc1. The van der Waals surface area contributed by atoms with Gasteiger partial charge in [-0.05, 0) is 49.2 Å². The number of hydrogen-bond acceptors (Lipinski definition) is 11. The number of unbranched alkanes of at least 4 members (excludes halogenated alkanes) is 2. The molecule has 262 valence electrons. The molecule has 0 amide bonds. The van der Waals surface area contributed by atoms with Crippen LogP contribution in [-0.4, -0.2) is 152 Å². The summed E-state index contributed by atoms with van der Waals surface area (Å²) in [6.07, 6.45) is 2.97. The van der Waals surface area contributed by atoms with Gasteiger partial charge in [-0.2, -0.15) is 0 Å². The minimum Gasteiger partial charge on any atom is -0.480 e. The maximum absolute atomic E-state index is 11.7. The van der Waals surface area contributed by atoms with Gasteiger partial charge in [0.2, 0.25) is 0 Å². The minimum atomic E-state index is -1.29. The molecular formula is C29H44N6O11S. The summed E-state index contributed by atoms with van der Waals surface area (Å²) in [4.78, 5) is 72.3. The number of carbonyl (C=O) groups excluding carboxylic acids is 1. The fourth-order valence-electron chi connectivity index (χ4n) is 4.67. The molecule has 0 fully saturated rings. The highest BCUT2D eigenvalue weighted by Gasteiger charge is 2.27. The molecule has 0 spiro atoms. The van der Waals surface area contributed by atoms with E-state index in [4.69, 9.17) is 28.2 Å². The van der Waals surface area contributed by atoms with E-state index in [1.807, 2.05) is 0 Å². The van der Waals surface area contributed by atoms with Gasteiger partial charge in [-0.1, -0.05) is 18.6 Å². The molecule has 17 nitrogen and oxygen atoms in total. The molecule has 1 rings (SSSR count). The van der Waals surface area contributed by atoms with Crippen molar-refractivity contribution < 1.29 is 54.3 Å². The number of thiocarbonyl (C=S) groups is 1. The summed E-state index contributed by atoms with van der Waals surface area (Å²) in [5.41, 5.74) is 6.63. The summed E-state index contributed by atoms with van der Waals surface area (Å²) in [6, 6.07) is 6.10. The topological polar surface area (TPSA) is 263 Å². The molecule has 9 N–H and O–H groups in total. The number of aliphatic carboxylic acids is 5. The van der Waals surface area contributed by atoms with Crippen molar-refractivity contribution in [1.29, 1.82) is 0 Å². The molecule has 18 heteroatoms. The first-order valence-corrected chi connectivity index (χ1v) is 15.2. The Labute approximate surface area is 277 Å². The van der Waals surface area contributed by atoms with Gasteiger partial charge in [0, 0.05) is 44.3 Å². The highest BCUT2D eigenvalue weighted by molar-refractivity contribution is 7.80. The lowest BCUT2D eigenvalue weighted by atomic mass is 10.0. The maximum Gasteiger partial charge on any atom is 0.317 e. The number of ketones is 1. The Morgan fingerprint density at radius 2 is 1.23 bits per heavy atom. The molecule has 0 unspecified atom stereocenters. The van der Waals surface area contributed by atoms with Crippen LogP contribution in [0.1, 0.15) is 31.2 Å². The van der Waals surface area contributed by atoms with E-state index in [0.29, 0.717) is 29.3 Å². The van der Waals surface area contributed by atoms with Gasteiger partial charge in [-0.3, -0.25) is 43.5 Å². The first-order valence-electron chi connectivity index (χ1n) is 14.8. The number of nitrogens with one attached hydrogen (secondary N) is 2. The molecule has 0 radical (unpaired) electrons. The third-order valence-corrected chi connectivity index (χ3v) is 7.05. The smallest absolute Gasteiger partial charge is 0.317 e. The highest BCUT2D eigenvalue weighted by atomic mass is 32.1. The number of Topliss-reactive ketones (excluding diaryl/α,β-unsaturated/α-hetero) is 1. The van der Waals surface area contributed by atoms with Crippen molar-refractivity contribution in [2.24, 2.45) is 5.73 Å². The summed E-state index contributed by atoms with van der Waals surface area (Å²) in [7, 11) is 0. The monoisotopic (exact) mass is 684 g/mol. The van der Waals surface area contributed by atoms with Gasteiger partial charge in [0.15, 0.2) is 5.11 Å². The van der Waals surface area contributed by atoms with E-state index in [-0.39, 0.29) is 38.4 Å². The number of nitrogens with zero attached hydrogens (tertiary/aromatic N) is 3. The summed E-state index contributed by atoms with van der Waals surface area (Å²) < 4.78 is 0. The number of carboxylic acid groups (broad SMARTS) is 5. The van der Waals surface area contributed by atoms with Crippen LogP contribution >= 0.6 is 12.2 Å². The van der Waals surface area contributed by atoms with Crippen molar-refractivity contribution in [3.63, 3.8) is 0 Å². The zero-order valence-electron chi connectivity index (χ0n) is 26.0. The Morgan fingerprint density at radius 1 is 0.723 bits per heavy atom. The number of nitrogens with two attached hydrogens (primary N) is 1. The van der Waals surface area contributed by atoms with Gasteiger partial charge in [-0.25, -0.2) is 0 Å². The summed E-state index contributed by atoms with van der Waals surface area (Å²) >= 11 is 5.33. The van der Waals surface area contributed by atoms with E-state index >= 15 is 0 Å². The van der Waals surface area contributed by atoms with E-state index < -0.39 is 68.6 Å². The number of carboxylic acids is 5. The van der Waals surface area contributed by atoms with Crippen LogP contribution in [-0.2, 0) is 35.2 Å². The Balaban J connectivity index is 3.03. The first kappa shape index (κ1) is 40.8. The van der Waals surface area contributed by atoms with E-state index in [1.165, 1.54) is 9.80 Å². The standard InChI is InChI=1S/C29H44N6O11S/c30-13-23(36)4-2-1-3-9-31-29(47)32-21-7-5-20(6-8-21)12-22(35(18-27(43)44)19-28(45)46)14-33(15-24(37)38)10-11-34(16-25(39)40)17-26(41)42/h5-8,22H,1-4,9-19,30H2,(H,37,38)(H,39,40)(H,41,42)(H,43,44)(H,45,46)(H2,31,32,47)/t22-/m1/s1. The van der Waals surface area contributed by atoms with E-state index in [2.05, 4.69) is 10.6 Å². The van der Waals surface area contributed by atoms with Crippen LogP contribution in [0.2, 0.25) is 0 Å². The van der Waals surface area contributed by atoms with Crippen molar-refractivity contribution in [2.45, 2.75) is 38.1 Å². The molecule has 0 aliphatic carbocycles. The van der Waals surface area contributed by atoms with Crippen LogP contribution in [0.5, 0.6) is 0 Å². The molecule has 1 aromatic carbocycles. The molecule has 0 aliphatic heterocycles. The van der Waals surface area contributed by atoms with Crippen molar-refractivity contribution in [2.75, 3.05) is 70.8 Å². The van der Waals surface area contributed by atoms with E-state index in [9.17, 15) is 44.1 Å². The van der Waals surface area contributed by atoms with Gasteiger partial charge in [0.25, 0.3) is 0 Å². The lowest BCUT2D eigenvalue weighted by Crippen LogP contribution is -2.51. The van der Waals surface area contributed by atoms with Crippen LogP contribution in [0, 0.1) is 0 Å². The summed E-state index contributed by atoms with van der Waals surface area (Å²) in [6.45, 7) is -2.72. The minimum absolute atomic E-state index is 0.0243. The van der Waals surface area contributed by atoms with Crippen molar-refractivity contribution >= 4 is 58.6 Å². The van der Waals surface area contributed by atoms with Crippen LogP contribution in [0.3, 0.4) is 0 Å². The number of carbonyl (C=O) groups is 6. The van der Waals surface area contributed by atoms with Gasteiger partial charge in [-0.15, -0.1) is 0 Å². The second-order valence-electron chi connectivity index (χ2n) is 10.8. The zero-order chi connectivity index (χ0) is 35.4. The molecule has 1 aromatic rings. The average molecular weight is 685 g/mol. The Hall–Kier alpha value is -4.23. The Kier molecular flexibility index (Phi) is 19.4. The number of benzene rings is 1. The summed E-state index contributed by atoms with van der Waals surface area (Å²) in [5.74, 6) is -6.34. The molecule has 1 atom stereocenters. The molecule has 47 heavy (non-hydrogen) atoms. The maximum atomic E-state index is 11.7. The molecule has 0 saturated carbocycles. The first-order chi connectivity index (χ1) is 22.2. The van der Waals surface area contributed by atoms with E-state index in [1.54, 1.807) is 24.3 Å². The third kappa shape index (κ3) is 19.8. The quantitative estimate of drug-likeness (QED) is 0.0443. The highest BCUT2D eigenvalue weighted by Crippen LogP contribution is 2.15. The third-order valence-electron chi connectivity index (χ3n) is 6.80. The number of rotatable bonds is 26. The average Bonchev–Trinajstić information content (AvgIpc) is 2.96. The molecule has 0 bridgehead atoms. The largest absolute Gasteiger partial charge is 0.480 e. The second kappa shape index (κ2) is 22.3. The molecule has 0 aromatic heterocycles. The molecule has 0 heterocycles. The van der Waals surface area contributed by atoms with Crippen molar-refractivity contribution in [3.05, 3.63) is 29.8 Å². The van der Waals surface area contributed by atoms with Gasteiger partial charge in [0.05, 0.1) is 39.3 Å². The van der Waals surface area contributed by atoms with Gasteiger partial charge >= 0.3 is 29.8 Å². The molecule has 0 saturated heterocycles. The second-order valence-corrected chi connectivity index (χ2v) is 11.2. The van der Waals surface area contributed by atoms with Crippen LogP contribution < -0.4 is 16.4 Å². The predicted molar refractivity (Wildman–Crippen MR) is 173 cm³/mol. The fourth-order valence-corrected chi connectivity index (χ4v) is 4.89. The Bertz CT molecular complexity index is 1190. The predicted octanol–water partition coefficient (Wildman–Crippen LogP) is -0.699. The van der Waals surface area contributed by atoms with Crippen molar-refractivity contribution in [1.82, 2.24) is 20.0 Å². The van der Waals surface area contributed by atoms with Crippen LogP contribution in [0.4, 0.5) is 5.69 Å².